The summed E-state index contributed by atoms with van der Waals surface area (Å²) in [6.07, 6.45) is -0.132. The number of hydrogen-bond donors (Lipinski definition) is 1. The number of carbonyl (C=O) groups excluding carboxylic acids is 2. The molecule has 1 N–H and O–H groups in total. The number of nitrogens with one attached hydrogen (secondary N) is 1. The molecule has 21 heavy (non-hydrogen) atoms. The molecule has 0 spiro atoms. The molecule has 0 atom stereocenters. The third kappa shape index (κ3) is 4.76. The summed E-state index contributed by atoms with van der Waals surface area (Å²) in [4.78, 5) is 22.6. The zero-order valence-corrected chi connectivity index (χ0v) is 11.8. The van der Waals surface area contributed by atoms with E-state index < -0.39 is 0 Å². The highest BCUT2D eigenvalue weighted by Crippen LogP contribution is 2.24. The van der Waals surface area contributed by atoms with Crippen molar-refractivity contribution in [3.63, 3.8) is 0 Å². The minimum Gasteiger partial charge on any atom is -0.487 e. The first-order chi connectivity index (χ1) is 10.1. The second-order valence-electron chi connectivity index (χ2n) is 4.70. The van der Waals surface area contributed by atoms with Crippen LogP contribution in [-0.2, 0) is 16.2 Å². The Hall–Kier alpha value is -2.62. The van der Waals surface area contributed by atoms with Crippen LogP contribution in [0.15, 0.2) is 54.6 Å². The van der Waals surface area contributed by atoms with Crippen LogP contribution >= 0.6 is 0 Å². The highest BCUT2D eigenvalue weighted by molar-refractivity contribution is 6.04. The first-order valence-electron chi connectivity index (χ1n) is 6.70. The first-order valence-corrected chi connectivity index (χ1v) is 6.70. The van der Waals surface area contributed by atoms with E-state index in [1.165, 1.54) is 6.92 Å². The van der Waals surface area contributed by atoms with Crippen molar-refractivity contribution >= 4 is 17.4 Å². The lowest BCUT2D eigenvalue weighted by Gasteiger charge is -2.12. The van der Waals surface area contributed by atoms with Gasteiger partial charge in [0.05, 0.1) is 12.1 Å². The second kappa shape index (κ2) is 7.24. The third-order valence-corrected chi connectivity index (χ3v) is 2.81. The Kier molecular flexibility index (Phi) is 5.10. The van der Waals surface area contributed by atoms with Gasteiger partial charge in [-0.1, -0.05) is 42.5 Å². The van der Waals surface area contributed by atoms with E-state index in [2.05, 4.69) is 5.32 Å². The summed E-state index contributed by atoms with van der Waals surface area (Å²) in [5.74, 6) is 0.0756. The number of anilines is 1. The Bertz CT molecular complexity index is 623. The highest BCUT2D eigenvalue weighted by Gasteiger charge is 2.09. The van der Waals surface area contributed by atoms with Gasteiger partial charge in [0.25, 0.3) is 0 Å². The molecule has 0 aliphatic heterocycles. The second-order valence-corrected chi connectivity index (χ2v) is 4.70. The van der Waals surface area contributed by atoms with Gasteiger partial charge in [-0.05, 0) is 24.6 Å². The van der Waals surface area contributed by atoms with Crippen LogP contribution in [0.3, 0.4) is 0 Å². The van der Waals surface area contributed by atoms with E-state index in [4.69, 9.17) is 4.74 Å². The molecule has 1 amide bonds. The SMILES string of the molecule is CC(=O)CC(=O)Nc1ccccc1OCc1ccccc1. The average molecular weight is 283 g/mol. The van der Waals surface area contributed by atoms with Crippen molar-refractivity contribution in [3.8, 4) is 5.75 Å². The van der Waals surface area contributed by atoms with Crippen LogP contribution < -0.4 is 10.1 Å². The number of carbonyl (C=O) groups is 2. The lowest BCUT2D eigenvalue weighted by molar-refractivity contribution is -0.124. The van der Waals surface area contributed by atoms with E-state index in [1.54, 1.807) is 18.2 Å². The fourth-order valence-electron chi connectivity index (χ4n) is 1.85. The minimum atomic E-state index is -0.335. The Morgan fingerprint density at radius 1 is 1.00 bits per heavy atom. The fourth-order valence-corrected chi connectivity index (χ4v) is 1.85. The van der Waals surface area contributed by atoms with Gasteiger partial charge in [0, 0.05) is 0 Å². The van der Waals surface area contributed by atoms with Crippen molar-refractivity contribution in [1.82, 2.24) is 0 Å². The van der Waals surface area contributed by atoms with Crippen LogP contribution in [0.2, 0.25) is 0 Å². The van der Waals surface area contributed by atoms with Gasteiger partial charge in [0.15, 0.2) is 0 Å². The third-order valence-electron chi connectivity index (χ3n) is 2.81. The maximum Gasteiger partial charge on any atom is 0.231 e. The van der Waals surface area contributed by atoms with Gasteiger partial charge in [-0.25, -0.2) is 0 Å². The van der Waals surface area contributed by atoms with Crippen LogP contribution in [0, 0.1) is 0 Å². The molecule has 4 heteroatoms. The highest BCUT2D eigenvalue weighted by atomic mass is 16.5. The number of hydrogen-bond acceptors (Lipinski definition) is 3. The molecule has 2 aromatic carbocycles. The van der Waals surface area contributed by atoms with Gasteiger partial charge in [-0.3, -0.25) is 9.59 Å². The number of Topliss-reactive ketones (excluding diaryl/α,β-unsaturated/α-hetero) is 1. The van der Waals surface area contributed by atoms with Gasteiger partial charge < -0.3 is 10.1 Å². The summed E-state index contributed by atoms with van der Waals surface area (Å²) in [7, 11) is 0. The molecule has 0 saturated carbocycles. The van der Waals surface area contributed by atoms with Crippen molar-refractivity contribution < 1.29 is 14.3 Å². The van der Waals surface area contributed by atoms with Gasteiger partial charge in [0.1, 0.15) is 18.1 Å². The maximum absolute atomic E-state index is 11.7. The fraction of sp³-hybridized carbons (Fsp3) is 0.176. The molecular weight excluding hydrogens is 266 g/mol. The van der Waals surface area contributed by atoms with Crippen molar-refractivity contribution in [1.29, 1.82) is 0 Å². The van der Waals surface area contributed by atoms with Crippen molar-refractivity contribution in [2.24, 2.45) is 0 Å². The Morgan fingerprint density at radius 3 is 2.38 bits per heavy atom. The van der Waals surface area contributed by atoms with Gasteiger partial charge in [0.2, 0.25) is 5.91 Å². The summed E-state index contributed by atoms with van der Waals surface area (Å²) in [5, 5.41) is 2.69. The van der Waals surface area contributed by atoms with E-state index in [0.717, 1.165) is 5.56 Å². The number of ketones is 1. The van der Waals surface area contributed by atoms with E-state index in [1.807, 2.05) is 36.4 Å². The Balaban J connectivity index is 2.03. The monoisotopic (exact) mass is 283 g/mol. The molecule has 0 radical (unpaired) electrons. The van der Waals surface area contributed by atoms with E-state index in [-0.39, 0.29) is 18.1 Å². The summed E-state index contributed by atoms with van der Waals surface area (Å²) < 4.78 is 5.73. The molecule has 0 heterocycles. The molecule has 0 fully saturated rings. The van der Waals surface area contributed by atoms with Gasteiger partial charge in [-0.2, -0.15) is 0 Å². The predicted octanol–water partition coefficient (Wildman–Crippen LogP) is 3.18. The van der Waals surface area contributed by atoms with Crippen molar-refractivity contribution in [2.45, 2.75) is 20.0 Å². The lowest BCUT2D eigenvalue weighted by atomic mass is 10.2. The Morgan fingerprint density at radius 2 is 1.67 bits per heavy atom. The molecular formula is C17H17NO3. The molecule has 0 saturated heterocycles. The van der Waals surface area contributed by atoms with Gasteiger partial charge >= 0.3 is 0 Å². The molecule has 0 aromatic heterocycles. The number of ether oxygens (including phenoxy) is 1. The number of benzene rings is 2. The molecule has 0 unspecified atom stereocenters. The normalized spacial score (nSPS) is 9.95. The zero-order chi connectivity index (χ0) is 15.1. The van der Waals surface area contributed by atoms with Crippen LogP contribution in [0.5, 0.6) is 5.75 Å². The van der Waals surface area contributed by atoms with Gasteiger partial charge in [-0.15, -0.1) is 0 Å². The first kappa shape index (κ1) is 14.8. The number of amides is 1. The molecule has 2 rings (SSSR count). The standard InChI is InChI=1S/C17H17NO3/c1-13(19)11-17(20)18-15-9-5-6-10-16(15)21-12-14-7-3-2-4-8-14/h2-10H,11-12H2,1H3,(H,18,20). The Labute approximate surface area is 123 Å². The van der Waals surface area contributed by atoms with Crippen molar-refractivity contribution in [3.05, 3.63) is 60.2 Å². The summed E-state index contributed by atoms with van der Waals surface area (Å²) in [6, 6.07) is 16.9. The maximum atomic E-state index is 11.7. The number of rotatable bonds is 6. The quantitative estimate of drug-likeness (QED) is 0.828. The van der Waals surface area contributed by atoms with E-state index in [9.17, 15) is 9.59 Å². The molecule has 0 aliphatic rings. The molecule has 2 aromatic rings. The van der Waals surface area contributed by atoms with Crippen LogP contribution in [0.25, 0.3) is 0 Å². The topological polar surface area (TPSA) is 55.4 Å². The van der Waals surface area contributed by atoms with Crippen LogP contribution in [0.4, 0.5) is 5.69 Å². The summed E-state index contributed by atoms with van der Waals surface area (Å²) in [6.45, 7) is 1.80. The molecule has 108 valence electrons. The molecule has 0 bridgehead atoms. The lowest BCUT2D eigenvalue weighted by Crippen LogP contribution is -2.15. The van der Waals surface area contributed by atoms with E-state index >= 15 is 0 Å². The summed E-state index contributed by atoms with van der Waals surface area (Å²) >= 11 is 0. The minimum absolute atomic E-state index is 0.132. The predicted molar refractivity (Wildman–Crippen MR) is 81.1 cm³/mol. The van der Waals surface area contributed by atoms with Crippen molar-refractivity contribution in [2.75, 3.05) is 5.32 Å². The molecule has 4 nitrogen and oxygen atoms in total. The van der Waals surface area contributed by atoms with Crippen LogP contribution in [0.1, 0.15) is 18.9 Å². The molecule has 0 aliphatic carbocycles. The largest absolute Gasteiger partial charge is 0.487 e. The van der Waals surface area contributed by atoms with Crippen LogP contribution in [-0.4, -0.2) is 11.7 Å². The average Bonchev–Trinajstić information content (AvgIpc) is 2.46. The van der Waals surface area contributed by atoms with E-state index in [0.29, 0.717) is 18.0 Å². The smallest absolute Gasteiger partial charge is 0.231 e. The summed E-state index contributed by atoms with van der Waals surface area (Å²) in [5.41, 5.74) is 1.61. The number of para-hydroxylation sites is 2. The zero-order valence-electron chi connectivity index (χ0n) is 11.8.